The predicted octanol–water partition coefficient (Wildman–Crippen LogP) is 1.49. The molecule has 1 heterocycles. The van der Waals surface area contributed by atoms with Crippen molar-refractivity contribution in [3.63, 3.8) is 0 Å². The Kier molecular flexibility index (Phi) is 6.22. The molecule has 0 aromatic heterocycles. The van der Waals surface area contributed by atoms with Crippen molar-refractivity contribution in [2.75, 3.05) is 33.9 Å². The molecule has 0 bridgehead atoms. The fourth-order valence-corrected chi connectivity index (χ4v) is 2.38. The largest absolute Gasteiger partial charge is 0.385 e. The minimum atomic E-state index is 0.732. The van der Waals surface area contributed by atoms with Crippen molar-refractivity contribution in [3.8, 4) is 0 Å². The molecule has 0 aromatic rings. The number of rotatable bonds is 6. The molecule has 3 heteroatoms. The first-order valence-corrected chi connectivity index (χ1v) is 6.18. The molecule has 0 saturated carbocycles. The van der Waals surface area contributed by atoms with E-state index in [1.807, 2.05) is 0 Å². The second-order valence-electron chi connectivity index (χ2n) is 4.59. The van der Waals surface area contributed by atoms with Crippen LogP contribution in [0.2, 0.25) is 0 Å². The summed E-state index contributed by atoms with van der Waals surface area (Å²) in [5.41, 5.74) is 0. The molecule has 1 rings (SSSR count). The van der Waals surface area contributed by atoms with Gasteiger partial charge in [0.25, 0.3) is 0 Å². The van der Waals surface area contributed by atoms with Gasteiger partial charge in [-0.3, -0.25) is 0 Å². The summed E-state index contributed by atoms with van der Waals surface area (Å²) in [6.45, 7) is 5.74. The van der Waals surface area contributed by atoms with Gasteiger partial charge in [0.2, 0.25) is 0 Å². The van der Waals surface area contributed by atoms with Gasteiger partial charge in [0.05, 0.1) is 0 Å². The normalized spacial score (nSPS) is 28.2. The lowest BCUT2D eigenvalue weighted by Gasteiger charge is -2.37. The highest BCUT2D eigenvalue weighted by atomic mass is 16.5. The summed E-state index contributed by atoms with van der Waals surface area (Å²) in [4.78, 5) is 2.61. The summed E-state index contributed by atoms with van der Waals surface area (Å²) in [7, 11) is 3.85. The SMILES string of the molecule is CNC1CCN(CCCCOC)C(C)C1. The molecular formula is C12H26N2O. The Morgan fingerprint density at radius 1 is 1.40 bits per heavy atom. The van der Waals surface area contributed by atoms with Crippen molar-refractivity contribution < 1.29 is 4.74 Å². The Labute approximate surface area is 94.2 Å². The van der Waals surface area contributed by atoms with Crippen LogP contribution in [0.4, 0.5) is 0 Å². The van der Waals surface area contributed by atoms with Gasteiger partial charge >= 0.3 is 0 Å². The molecule has 2 atom stereocenters. The average Bonchev–Trinajstić information content (AvgIpc) is 2.26. The highest BCUT2D eigenvalue weighted by molar-refractivity contribution is 4.81. The zero-order valence-electron chi connectivity index (χ0n) is 10.5. The molecule has 0 spiro atoms. The van der Waals surface area contributed by atoms with E-state index in [0.717, 1.165) is 18.7 Å². The Bertz CT molecular complexity index is 164. The lowest BCUT2D eigenvalue weighted by atomic mass is 9.98. The quantitative estimate of drug-likeness (QED) is 0.678. The molecule has 1 aliphatic rings. The fourth-order valence-electron chi connectivity index (χ4n) is 2.38. The second-order valence-corrected chi connectivity index (χ2v) is 4.59. The van der Waals surface area contributed by atoms with E-state index in [-0.39, 0.29) is 0 Å². The highest BCUT2D eigenvalue weighted by Crippen LogP contribution is 2.17. The predicted molar refractivity (Wildman–Crippen MR) is 64.2 cm³/mol. The molecule has 1 fully saturated rings. The summed E-state index contributed by atoms with van der Waals surface area (Å²) < 4.78 is 5.06. The molecule has 1 aliphatic heterocycles. The summed E-state index contributed by atoms with van der Waals surface area (Å²) in [5, 5.41) is 3.38. The van der Waals surface area contributed by atoms with Crippen LogP contribution in [-0.4, -0.2) is 50.8 Å². The molecule has 1 N–H and O–H groups in total. The van der Waals surface area contributed by atoms with Crippen LogP contribution in [0.25, 0.3) is 0 Å². The van der Waals surface area contributed by atoms with E-state index in [0.29, 0.717) is 0 Å². The van der Waals surface area contributed by atoms with E-state index in [1.54, 1.807) is 7.11 Å². The van der Waals surface area contributed by atoms with Gasteiger partial charge in [-0.05, 0) is 52.7 Å². The van der Waals surface area contributed by atoms with E-state index in [9.17, 15) is 0 Å². The minimum absolute atomic E-state index is 0.732. The number of nitrogens with zero attached hydrogens (tertiary/aromatic N) is 1. The van der Waals surface area contributed by atoms with Gasteiger partial charge in [-0.15, -0.1) is 0 Å². The summed E-state index contributed by atoms with van der Waals surface area (Å²) in [6, 6.07) is 1.47. The number of likely N-dealkylation sites (tertiary alicyclic amines) is 1. The Morgan fingerprint density at radius 2 is 2.20 bits per heavy atom. The molecule has 3 nitrogen and oxygen atoms in total. The molecule has 1 saturated heterocycles. The minimum Gasteiger partial charge on any atom is -0.385 e. The van der Waals surface area contributed by atoms with Gasteiger partial charge in [-0.2, -0.15) is 0 Å². The zero-order chi connectivity index (χ0) is 11.1. The Morgan fingerprint density at radius 3 is 2.80 bits per heavy atom. The third-order valence-corrected chi connectivity index (χ3v) is 3.47. The number of hydrogen-bond donors (Lipinski definition) is 1. The fraction of sp³-hybridized carbons (Fsp3) is 1.00. The Balaban J connectivity index is 2.14. The number of methoxy groups -OCH3 is 1. The van der Waals surface area contributed by atoms with Crippen molar-refractivity contribution in [3.05, 3.63) is 0 Å². The summed E-state index contributed by atoms with van der Waals surface area (Å²) >= 11 is 0. The molecule has 15 heavy (non-hydrogen) atoms. The van der Waals surface area contributed by atoms with Crippen LogP contribution in [-0.2, 0) is 4.74 Å². The first-order valence-electron chi connectivity index (χ1n) is 6.18. The highest BCUT2D eigenvalue weighted by Gasteiger charge is 2.23. The van der Waals surface area contributed by atoms with Crippen LogP contribution < -0.4 is 5.32 Å². The van der Waals surface area contributed by atoms with E-state index in [4.69, 9.17) is 4.74 Å². The van der Waals surface area contributed by atoms with E-state index < -0.39 is 0 Å². The monoisotopic (exact) mass is 214 g/mol. The third-order valence-electron chi connectivity index (χ3n) is 3.47. The van der Waals surface area contributed by atoms with Crippen molar-refractivity contribution in [1.82, 2.24) is 10.2 Å². The van der Waals surface area contributed by atoms with Gasteiger partial charge in [0, 0.05) is 25.8 Å². The number of nitrogens with one attached hydrogen (secondary N) is 1. The van der Waals surface area contributed by atoms with Crippen LogP contribution in [0.15, 0.2) is 0 Å². The molecule has 90 valence electrons. The smallest absolute Gasteiger partial charge is 0.0462 e. The van der Waals surface area contributed by atoms with Crippen molar-refractivity contribution in [2.45, 2.75) is 44.7 Å². The topological polar surface area (TPSA) is 24.5 Å². The van der Waals surface area contributed by atoms with E-state index in [2.05, 4.69) is 24.2 Å². The first-order chi connectivity index (χ1) is 7.27. The molecule has 0 amide bonds. The van der Waals surface area contributed by atoms with Crippen LogP contribution in [0.1, 0.15) is 32.6 Å². The van der Waals surface area contributed by atoms with Crippen LogP contribution in [0.5, 0.6) is 0 Å². The summed E-state index contributed by atoms with van der Waals surface area (Å²) in [6.07, 6.45) is 5.05. The first kappa shape index (κ1) is 12.9. The molecule has 0 radical (unpaired) electrons. The van der Waals surface area contributed by atoms with Crippen LogP contribution in [0.3, 0.4) is 0 Å². The number of piperidine rings is 1. The number of ether oxygens (including phenoxy) is 1. The van der Waals surface area contributed by atoms with Crippen molar-refractivity contribution >= 4 is 0 Å². The van der Waals surface area contributed by atoms with Crippen molar-refractivity contribution in [1.29, 1.82) is 0 Å². The maximum atomic E-state index is 5.06. The lowest BCUT2D eigenvalue weighted by molar-refractivity contribution is 0.129. The standard InChI is InChI=1S/C12H26N2O/c1-11-10-12(13-2)6-8-14(11)7-4-5-9-15-3/h11-13H,4-10H2,1-3H3. The molecular weight excluding hydrogens is 188 g/mol. The van der Waals surface area contributed by atoms with Gasteiger partial charge in [0.15, 0.2) is 0 Å². The number of hydrogen-bond acceptors (Lipinski definition) is 3. The van der Waals surface area contributed by atoms with Gasteiger partial charge in [-0.25, -0.2) is 0 Å². The second kappa shape index (κ2) is 7.20. The van der Waals surface area contributed by atoms with Crippen LogP contribution >= 0.6 is 0 Å². The van der Waals surface area contributed by atoms with Crippen LogP contribution in [0, 0.1) is 0 Å². The van der Waals surface area contributed by atoms with Gasteiger partial charge < -0.3 is 15.0 Å². The van der Waals surface area contributed by atoms with Gasteiger partial charge in [0.1, 0.15) is 0 Å². The maximum absolute atomic E-state index is 5.06. The maximum Gasteiger partial charge on any atom is 0.0462 e. The van der Waals surface area contributed by atoms with Gasteiger partial charge in [-0.1, -0.05) is 0 Å². The van der Waals surface area contributed by atoms with E-state index in [1.165, 1.54) is 38.8 Å². The Hall–Kier alpha value is -0.120. The molecule has 0 aliphatic carbocycles. The molecule has 2 unspecified atom stereocenters. The lowest BCUT2D eigenvalue weighted by Crippen LogP contribution is -2.46. The van der Waals surface area contributed by atoms with E-state index >= 15 is 0 Å². The molecule has 0 aromatic carbocycles. The number of unbranched alkanes of at least 4 members (excludes halogenated alkanes) is 1. The third kappa shape index (κ3) is 4.49. The zero-order valence-corrected chi connectivity index (χ0v) is 10.5. The van der Waals surface area contributed by atoms with Crippen molar-refractivity contribution in [2.24, 2.45) is 0 Å². The summed E-state index contributed by atoms with van der Waals surface area (Å²) in [5.74, 6) is 0. The average molecular weight is 214 g/mol.